The van der Waals surface area contributed by atoms with E-state index in [2.05, 4.69) is 0 Å². The highest BCUT2D eigenvalue weighted by atomic mass is 19.1. The zero-order chi connectivity index (χ0) is 36.7. The molecule has 5 rings (SSSR count). The van der Waals surface area contributed by atoms with E-state index in [1.807, 2.05) is 30.3 Å². The Kier molecular flexibility index (Phi) is 11.9. The van der Waals surface area contributed by atoms with Crippen molar-refractivity contribution in [1.29, 1.82) is 0 Å². The van der Waals surface area contributed by atoms with Crippen LogP contribution in [-0.2, 0) is 54.0 Å². The summed E-state index contributed by atoms with van der Waals surface area (Å²) < 4.78 is 53.5. The largest absolute Gasteiger partial charge is 0.461 e. The first-order valence-corrected chi connectivity index (χ1v) is 16.3. The molecule has 1 unspecified atom stereocenters. The van der Waals surface area contributed by atoms with E-state index in [9.17, 15) is 28.4 Å². The number of anilines is 1. The Labute approximate surface area is 293 Å². The van der Waals surface area contributed by atoms with Crippen LogP contribution in [0.25, 0.3) is 0 Å². The molecule has 2 aliphatic heterocycles. The molecule has 0 bridgehead atoms. The Morgan fingerprint density at radius 3 is 2.04 bits per heavy atom. The normalized spacial score (nSPS) is 23.4. The van der Waals surface area contributed by atoms with E-state index in [1.165, 1.54) is 43.0 Å². The van der Waals surface area contributed by atoms with Gasteiger partial charge in [0.2, 0.25) is 12.4 Å². The van der Waals surface area contributed by atoms with E-state index in [0.29, 0.717) is 24.1 Å². The summed E-state index contributed by atoms with van der Waals surface area (Å²) in [5.74, 6) is -2.89. The van der Waals surface area contributed by atoms with Crippen molar-refractivity contribution in [3.63, 3.8) is 0 Å². The molecule has 0 radical (unpaired) electrons. The Bertz CT molecular complexity index is 1700. The molecule has 51 heavy (non-hydrogen) atoms. The quantitative estimate of drug-likeness (QED) is 0.184. The summed E-state index contributed by atoms with van der Waals surface area (Å²) in [5, 5.41) is 0. The van der Waals surface area contributed by atoms with Crippen LogP contribution in [0.3, 0.4) is 0 Å². The van der Waals surface area contributed by atoms with Gasteiger partial charge >= 0.3 is 30.0 Å². The van der Waals surface area contributed by atoms with Gasteiger partial charge in [0.15, 0.2) is 18.3 Å². The first-order chi connectivity index (χ1) is 24.4. The van der Waals surface area contributed by atoms with Crippen molar-refractivity contribution in [2.75, 3.05) is 11.5 Å². The lowest BCUT2D eigenvalue weighted by molar-refractivity contribution is -0.259. The monoisotopic (exact) mass is 707 g/mol. The summed E-state index contributed by atoms with van der Waals surface area (Å²) in [6.07, 6.45) is -6.53. The second kappa shape index (κ2) is 16.5. The van der Waals surface area contributed by atoms with Crippen LogP contribution in [-0.4, -0.2) is 73.4 Å². The van der Waals surface area contributed by atoms with Crippen LogP contribution in [0.15, 0.2) is 78.9 Å². The number of halogens is 1. The summed E-state index contributed by atoms with van der Waals surface area (Å²) in [6, 6.07) is 20.6. The fourth-order valence-corrected chi connectivity index (χ4v) is 6.13. The molecule has 14 heteroatoms. The average molecular weight is 708 g/mol. The maximum Gasteiger partial charge on any atom is 0.415 e. The lowest BCUT2D eigenvalue weighted by Crippen LogP contribution is -2.59. The summed E-state index contributed by atoms with van der Waals surface area (Å²) in [5.41, 5.74) is 1.92. The van der Waals surface area contributed by atoms with E-state index < -0.39 is 78.6 Å². The minimum atomic E-state index is -1.31. The summed E-state index contributed by atoms with van der Waals surface area (Å²) in [7, 11) is 0. The number of cyclic esters (lactones) is 1. The maximum absolute atomic E-state index is 13.9. The molecule has 0 aromatic heterocycles. The molecular formula is C37H38FNO12. The zero-order valence-electron chi connectivity index (χ0n) is 28.4. The molecule has 0 saturated carbocycles. The highest BCUT2D eigenvalue weighted by molar-refractivity contribution is 5.91. The van der Waals surface area contributed by atoms with Crippen molar-refractivity contribution < 1.29 is 61.5 Å². The Morgan fingerprint density at radius 2 is 1.43 bits per heavy atom. The van der Waals surface area contributed by atoms with Crippen LogP contribution in [0.4, 0.5) is 14.9 Å². The van der Waals surface area contributed by atoms with Crippen LogP contribution in [0.5, 0.6) is 5.75 Å². The lowest BCUT2D eigenvalue weighted by atomic mass is 9.93. The van der Waals surface area contributed by atoms with Gasteiger partial charge in [-0.25, -0.2) is 9.18 Å². The number of benzene rings is 3. The molecule has 270 valence electrons. The van der Waals surface area contributed by atoms with Crippen molar-refractivity contribution >= 4 is 35.7 Å². The standard InChI is InChI=1S/C37H38FNO12/c1-21(40)46-30(19-10-25-8-6-5-7-9-25)33-32(39(37(44)51-33)28-15-13-27(38)14-16-28)26-11-17-29(18-12-26)50-36-35(49-24(4)43)34(48-23(3)42)31(20-45-36)47-22(2)41/h5-9,11-18,30-36H,10,19-20H2,1-4H3/t30-,31-,32-,33-,34?,35-,36+/m1/s1. The van der Waals surface area contributed by atoms with Crippen molar-refractivity contribution in [2.24, 2.45) is 0 Å². The van der Waals surface area contributed by atoms with Crippen molar-refractivity contribution in [2.45, 2.75) is 83.4 Å². The van der Waals surface area contributed by atoms with E-state index in [-0.39, 0.29) is 12.4 Å². The highest BCUT2D eigenvalue weighted by Crippen LogP contribution is 2.41. The second-order valence-corrected chi connectivity index (χ2v) is 12.0. The number of aryl methyl sites for hydroxylation is 1. The third-order valence-corrected chi connectivity index (χ3v) is 8.15. The molecule has 0 aliphatic carbocycles. The van der Waals surface area contributed by atoms with Gasteiger partial charge in [0.25, 0.3) is 0 Å². The van der Waals surface area contributed by atoms with E-state index in [1.54, 1.807) is 24.3 Å². The van der Waals surface area contributed by atoms with Gasteiger partial charge in [0.05, 0.1) is 6.61 Å². The first kappa shape index (κ1) is 36.8. The van der Waals surface area contributed by atoms with Crippen LogP contribution in [0.1, 0.15) is 51.3 Å². The lowest BCUT2D eigenvalue weighted by Gasteiger charge is -2.40. The molecule has 2 fully saturated rings. The van der Waals surface area contributed by atoms with Gasteiger partial charge in [0, 0.05) is 33.4 Å². The second-order valence-electron chi connectivity index (χ2n) is 12.0. The molecule has 2 saturated heterocycles. The van der Waals surface area contributed by atoms with Crippen LogP contribution < -0.4 is 9.64 Å². The van der Waals surface area contributed by atoms with Crippen LogP contribution >= 0.6 is 0 Å². The molecule has 7 atom stereocenters. The van der Waals surface area contributed by atoms with Crippen LogP contribution in [0, 0.1) is 5.82 Å². The predicted molar refractivity (Wildman–Crippen MR) is 176 cm³/mol. The smallest absolute Gasteiger partial charge is 0.415 e. The molecule has 13 nitrogen and oxygen atoms in total. The average Bonchev–Trinajstić information content (AvgIpc) is 3.42. The number of esters is 4. The van der Waals surface area contributed by atoms with Crippen molar-refractivity contribution in [1.82, 2.24) is 0 Å². The van der Waals surface area contributed by atoms with Crippen molar-refractivity contribution in [3.8, 4) is 5.75 Å². The maximum atomic E-state index is 13.9. The van der Waals surface area contributed by atoms with E-state index in [4.69, 9.17) is 33.2 Å². The number of amides is 1. The Hall–Kier alpha value is -5.50. The molecule has 0 N–H and O–H groups in total. The molecule has 3 aromatic rings. The third-order valence-electron chi connectivity index (χ3n) is 8.15. The molecular weight excluding hydrogens is 669 g/mol. The Morgan fingerprint density at radius 1 is 0.804 bits per heavy atom. The number of nitrogens with zero attached hydrogens (tertiary/aromatic N) is 1. The first-order valence-electron chi connectivity index (χ1n) is 16.3. The minimum absolute atomic E-state index is 0.228. The number of rotatable bonds is 12. The topological polar surface area (TPSA) is 153 Å². The summed E-state index contributed by atoms with van der Waals surface area (Å²) in [6.45, 7) is 4.55. The molecule has 3 aromatic carbocycles. The van der Waals surface area contributed by atoms with Gasteiger partial charge < -0.3 is 33.2 Å². The summed E-state index contributed by atoms with van der Waals surface area (Å²) >= 11 is 0. The van der Waals surface area contributed by atoms with Gasteiger partial charge in [-0.05, 0) is 60.4 Å². The molecule has 1 amide bonds. The number of carbonyl (C=O) groups excluding carboxylic acids is 5. The minimum Gasteiger partial charge on any atom is -0.461 e. The number of carbonyl (C=O) groups is 5. The number of hydrogen-bond acceptors (Lipinski definition) is 12. The van der Waals surface area contributed by atoms with Crippen molar-refractivity contribution in [3.05, 3.63) is 95.8 Å². The number of ether oxygens (including phenoxy) is 7. The third kappa shape index (κ3) is 9.39. The molecule has 2 aliphatic rings. The zero-order valence-corrected chi connectivity index (χ0v) is 28.4. The Balaban J connectivity index is 1.44. The van der Waals surface area contributed by atoms with Gasteiger partial charge in [-0.1, -0.05) is 42.5 Å². The molecule has 2 heterocycles. The predicted octanol–water partition coefficient (Wildman–Crippen LogP) is 4.99. The summed E-state index contributed by atoms with van der Waals surface area (Å²) in [4.78, 5) is 62.9. The van der Waals surface area contributed by atoms with E-state index >= 15 is 0 Å². The fraction of sp³-hybridized carbons (Fsp3) is 0.378. The number of hydrogen-bond donors (Lipinski definition) is 0. The van der Waals surface area contributed by atoms with Gasteiger partial charge in [-0.2, -0.15) is 0 Å². The SMILES string of the molecule is CC(=O)OC1[C@@H](OC(C)=O)[C@H](Oc2ccc([C@@H]3[C@@H]([C@@H](CCc4ccccc4)OC(C)=O)OC(=O)N3c3ccc(F)cc3)cc2)OC[C@H]1OC(C)=O. The van der Waals surface area contributed by atoms with Gasteiger partial charge in [-0.15, -0.1) is 0 Å². The van der Waals surface area contributed by atoms with Gasteiger partial charge in [0.1, 0.15) is 23.7 Å². The fourth-order valence-electron chi connectivity index (χ4n) is 6.13. The van der Waals surface area contributed by atoms with E-state index in [0.717, 1.165) is 19.4 Å². The highest BCUT2D eigenvalue weighted by Gasteiger charge is 2.50. The van der Waals surface area contributed by atoms with Crippen LogP contribution in [0.2, 0.25) is 0 Å². The van der Waals surface area contributed by atoms with Gasteiger partial charge in [-0.3, -0.25) is 24.1 Å². The molecule has 0 spiro atoms.